The van der Waals surface area contributed by atoms with Crippen LogP contribution in [0.3, 0.4) is 0 Å². The van der Waals surface area contributed by atoms with Gasteiger partial charge in [0, 0.05) is 35.5 Å². The van der Waals surface area contributed by atoms with Crippen molar-refractivity contribution in [1.82, 2.24) is 9.47 Å². The molecule has 134 valence electrons. The summed E-state index contributed by atoms with van der Waals surface area (Å²) >= 11 is 7.68. The summed E-state index contributed by atoms with van der Waals surface area (Å²) in [5.74, 6) is 0. The lowest BCUT2D eigenvalue weighted by molar-refractivity contribution is 0.297. The molecule has 0 amide bonds. The maximum atomic E-state index is 5.89. The van der Waals surface area contributed by atoms with Crippen LogP contribution >= 0.6 is 23.6 Å². The van der Waals surface area contributed by atoms with Crippen LogP contribution < -0.4 is 5.32 Å². The minimum atomic E-state index is 0.174. The normalized spacial score (nSPS) is 16.4. The number of nitrogens with one attached hydrogen (secondary N) is 1. The molecule has 4 rings (SSSR count). The quantitative estimate of drug-likeness (QED) is 0.628. The number of thiocarbonyl (C=S) groups is 1. The third kappa shape index (κ3) is 3.06. The first-order valence-corrected chi connectivity index (χ1v) is 10.3. The van der Waals surface area contributed by atoms with Gasteiger partial charge in [-0.05, 0) is 60.3 Å². The smallest absolute Gasteiger partial charge is 0.174 e. The monoisotopic (exact) mass is 381 g/mol. The topological polar surface area (TPSA) is 20.2 Å². The Morgan fingerprint density at radius 2 is 2.08 bits per heavy atom. The van der Waals surface area contributed by atoms with Crippen molar-refractivity contribution in [3.8, 4) is 0 Å². The maximum Gasteiger partial charge on any atom is 0.174 e. The van der Waals surface area contributed by atoms with Crippen LogP contribution in [-0.4, -0.2) is 21.1 Å². The lowest BCUT2D eigenvalue weighted by Gasteiger charge is -2.38. The van der Waals surface area contributed by atoms with Gasteiger partial charge in [0.05, 0.1) is 0 Å². The van der Waals surface area contributed by atoms with Gasteiger partial charge in [-0.1, -0.05) is 31.2 Å². The maximum absolute atomic E-state index is 5.89. The molecule has 0 aliphatic carbocycles. The summed E-state index contributed by atoms with van der Waals surface area (Å²) in [4.78, 5) is 3.66. The second-order valence-electron chi connectivity index (χ2n) is 6.63. The zero-order valence-corrected chi connectivity index (χ0v) is 16.7. The Kier molecular flexibility index (Phi) is 4.83. The van der Waals surface area contributed by atoms with Gasteiger partial charge in [-0.15, -0.1) is 11.3 Å². The zero-order valence-electron chi connectivity index (χ0n) is 15.1. The average molecular weight is 382 g/mol. The predicted molar refractivity (Wildman–Crippen MR) is 114 cm³/mol. The van der Waals surface area contributed by atoms with E-state index in [1.165, 1.54) is 21.7 Å². The number of aromatic nitrogens is 1. The molecule has 0 saturated heterocycles. The van der Waals surface area contributed by atoms with Gasteiger partial charge in [0.15, 0.2) is 5.11 Å². The van der Waals surface area contributed by atoms with Crippen molar-refractivity contribution >= 4 is 34.4 Å². The third-order valence-electron chi connectivity index (χ3n) is 5.08. The van der Waals surface area contributed by atoms with Crippen molar-refractivity contribution in [3.63, 3.8) is 0 Å². The van der Waals surface area contributed by atoms with Crippen LogP contribution in [0.5, 0.6) is 0 Å². The Balaban J connectivity index is 1.67. The molecule has 3 heterocycles. The van der Waals surface area contributed by atoms with Crippen molar-refractivity contribution < 1.29 is 0 Å². The van der Waals surface area contributed by atoms with E-state index in [1.807, 2.05) is 0 Å². The van der Waals surface area contributed by atoms with Crippen LogP contribution in [0.15, 0.2) is 54.0 Å². The highest BCUT2D eigenvalue weighted by Gasteiger charge is 2.31. The summed E-state index contributed by atoms with van der Waals surface area (Å²) in [5, 5.41) is 6.51. The lowest BCUT2D eigenvalue weighted by Crippen LogP contribution is -2.44. The molecule has 3 aromatic rings. The number of aryl methyl sites for hydroxylation is 2. The van der Waals surface area contributed by atoms with Crippen LogP contribution in [0.4, 0.5) is 5.69 Å². The molecule has 0 bridgehead atoms. The SMILES string of the molecule is CCc1cccc(C)c1NC(=S)N1CCn2cccc2[C@H]1c1cccs1. The standard InChI is InChI=1S/C21H23N3S2/c1-3-16-8-4-7-15(2)19(16)22-21(25)24-13-12-23-11-5-9-17(23)20(24)18-10-6-14-26-18/h4-11,14,20H,3,12-13H2,1-2H3,(H,22,25)/t20-/m0/s1. The fourth-order valence-electron chi connectivity index (χ4n) is 3.73. The molecule has 1 atom stereocenters. The first kappa shape index (κ1) is 17.3. The molecule has 5 heteroatoms. The van der Waals surface area contributed by atoms with Crippen molar-refractivity contribution in [3.05, 3.63) is 75.7 Å². The molecule has 26 heavy (non-hydrogen) atoms. The van der Waals surface area contributed by atoms with Crippen molar-refractivity contribution in [1.29, 1.82) is 0 Å². The van der Waals surface area contributed by atoms with Gasteiger partial charge in [-0.3, -0.25) is 0 Å². The fourth-order valence-corrected chi connectivity index (χ4v) is 4.88. The van der Waals surface area contributed by atoms with E-state index in [2.05, 4.69) is 82.7 Å². The van der Waals surface area contributed by atoms with Gasteiger partial charge in [0.1, 0.15) is 6.04 Å². The van der Waals surface area contributed by atoms with E-state index in [4.69, 9.17) is 12.2 Å². The van der Waals surface area contributed by atoms with Crippen LogP contribution in [0, 0.1) is 6.92 Å². The largest absolute Gasteiger partial charge is 0.347 e. The first-order valence-electron chi connectivity index (χ1n) is 9.03. The van der Waals surface area contributed by atoms with Gasteiger partial charge in [-0.2, -0.15) is 0 Å². The summed E-state index contributed by atoms with van der Waals surface area (Å²) in [5.41, 5.74) is 5.01. The molecule has 3 nitrogen and oxygen atoms in total. The molecule has 1 N–H and O–H groups in total. The Hall–Kier alpha value is -2.11. The van der Waals surface area contributed by atoms with Crippen molar-refractivity contribution in [2.24, 2.45) is 0 Å². The van der Waals surface area contributed by atoms with E-state index in [-0.39, 0.29) is 6.04 Å². The van der Waals surface area contributed by atoms with E-state index in [0.29, 0.717) is 0 Å². The van der Waals surface area contributed by atoms with Crippen LogP contribution in [0.2, 0.25) is 0 Å². The number of hydrogen-bond acceptors (Lipinski definition) is 2. The first-order chi connectivity index (χ1) is 12.7. The Morgan fingerprint density at radius 3 is 2.85 bits per heavy atom. The van der Waals surface area contributed by atoms with Gasteiger partial charge in [0.2, 0.25) is 0 Å². The number of para-hydroxylation sites is 1. The number of rotatable bonds is 3. The number of benzene rings is 1. The molecule has 1 aliphatic rings. The summed E-state index contributed by atoms with van der Waals surface area (Å²) < 4.78 is 2.34. The van der Waals surface area contributed by atoms with Gasteiger partial charge < -0.3 is 14.8 Å². The molecular formula is C21H23N3S2. The number of nitrogens with zero attached hydrogens (tertiary/aromatic N) is 2. The molecular weight excluding hydrogens is 358 g/mol. The van der Waals surface area contributed by atoms with E-state index in [9.17, 15) is 0 Å². The van der Waals surface area contributed by atoms with Crippen LogP contribution in [0.25, 0.3) is 0 Å². The highest BCUT2D eigenvalue weighted by molar-refractivity contribution is 7.80. The molecule has 2 aromatic heterocycles. The summed E-state index contributed by atoms with van der Waals surface area (Å²) in [7, 11) is 0. The third-order valence-corrected chi connectivity index (χ3v) is 6.35. The zero-order chi connectivity index (χ0) is 18.1. The van der Waals surface area contributed by atoms with E-state index in [1.54, 1.807) is 11.3 Å². The van der Waals surface area contributed by atoms with Gasteiger partial charge >= 0.3 is 0 Å². The average Bonchev–Trinajstić information content (AvgIpc) is 3.33. The molecule has 0 radical (unpaired) electrons. The lowest BCUT2D eigenvalue weighted by atomic mass is 10.1. The number of anilines is 1. The minimum absolute atomic E-state index is 0.174. The fraction of sp³-hybridized carbons (Fsp3) is 0.286. The van der Waals surface area contributed by atoms with E-state index in [0.717, 1.165) is 30.3 Å². The predicted octanol–water partition coefficient (Wildman–Crippen LogP) is 5.22. The summed E-state index contributed by atoms with van der Waals surface area (Å²) in [6.07, 6.45) is 3.16. The Morgan fingerprint density at radius 1 is 1.19 bits per heavy atom. The number of thiophene rings is 1. The molecule has 0 spiro atoms. The van der Waals surface area contributed by atoms with E-state index >= 15 is 0 Å². The summed E-state index contributed by atoms with van der Waals surface area (Å²) in [6, 6.07) is 15.3. The van der Waals surface area contributed by atoms with E-state index < -0.39 is 0 Å². The van der Waals surface area contributed by atoms with Crippen molar-refractivity contribution in [2.45, 2.75) is 32.9 Å². The Bertz CT molecular complexity index is 911. The molecule has 0 saturated carbocycles. The molecule has 0 fully saturated rings. The minimum Gasteiger partial charge on any atom is -0.347 e. The molecule has 0 unspecified atom stereocenters. The Labute approximate surface area is 164 Å². The van der Waals surface area contributed by atoms with Crippen LogP contribution in [0.1, 0.15) is 34.7 Å². The number of hydrogen-bond donors (Lipinski definition) is 1. The molecule has 1 aromatic carbocycles. The van der Waals surface area contributed by atoms with Gasteiger partial charge in [-0.25, -0.2) is 0 Å². The second kappa shape index (κ2) is 7.25. The van der Waals surface area contributed by atoms with Crippen LogP contribution in [-0.2, 0) is 13.0 Å². The summed E-state index contributed by atoms with van der Waals surface area (Å²) in [6.45, 7) is 6.19. The number of fused-ring (bicyclic) bond motifs is 1. The highest BCUT2D eigenvalue weighted by atomic mass is 32.1. The second-order valence-corrected chi connectivity index (χ2v) is 8.00. The highest BCUT2D eigenvalue weighted by Crippen LogP contribution is 2.35. The van der Waals surface area contributed by atoms with Gasteiger partial charge in [0.25, 0.3) is 0 Å². The molecule has 1 aliphatic heterocycles. The van der Waals surface area contributed by atoms with Crippen molar-refractivity contribution in [2.75, 3.05) is 11.9 Å².